The van der Waals surface area contributed by atoms with Gasteiger partial charge in [0.15, 0.2) is 6.29 Å². The normalized spacial score (nSPS) is 22.1. The van der Waals surface area contributed by atoms with Crippen LogP contribution in [0.25, 0.3) is 0 Å². The van der Waals surface area contributed by atoms with Gasteiger partial charge in [0.1, 0.15) is 6.04 Å². The van der Waals surface area contributed by atoms with Crippen LogP contribution in [0.5, 0.6) is 0 Å². The number of hydrazine groups is 1. The number of benzene rings is 1. The van der Waals surface area contributed by atoms with Crippen molar-refractivity contribution in [1.29, 1.82) is 0 Å². The van der Waals surface area contributed by atoms with Gasteiger partial charge in [0.05, 0.1) is 17.9 Å². The minimum atomic E-state index is -1.15. The average Bonchev–Trinajstić information content (AvgIpc) is 3.18. The lowest BCUT2D eigenvalue weighted by Gasteiger charge is -2.29. The average molecular weight is 533 g/mol. The van der Waals surface area contributed by atoms with E-state index in [1.54, 1.807) is 0 Å². The molecular weight excluding hydrogens is 492 g/mol. The van der Waals surface area contributed by atoms with E-state index in [9.17, 15) is 24.3 Å². The maximum atomic E-state index is 13.5. The van der Waals surface area contributed by atoms with Crippen molar-refractivity contribution < 1.29 is 33.9 Å². The van der Waals surface area contributed by atoms with Crippen molar-refractivity contribution in [2.75, 3.05) is 6.61 Å². The highest BCUT2D eigenvalue weighted by Gasteiger charge is 2.44. The van der Waals surface area contributed by atoms with Crippen molar-refractivity contribution in [3.8, 4) is 0 Å². The molecule has 11 nitrogen and oxygen atoms in total. The lowest BCUT2D eigenvalue weighted by molar-refractivity contribution is -0.203. The molecule has 0 spiro atoms. The molecule has 2 saturated heterocycles. The number of hydrogen-bond acceptors (Lipinski definition) is 7. The van der Waals surface area contributed by atoms with Gasteiger partial charge in [0.25, 0.3) is 5.91 Å². The number of carbonyl (C=O) groups excluding carboxylic acids is 4. The van der Waals surface area contributed by atoms with Crippen molar-refractivity contribution in [3.05, 3.63) is 35.9 Å². The number of hydroxylamine groups is 1. The Morgan fingerprint density at radius 1 is 1.13 bits per heavy atom. The molecule has 0 bridgehead atoms. The Bertz CT molecular complexity index is 950. The summed E-state index contributed by atoms with van der Waals surface area (Å²) in [6, 6.07) is 7.86. The van der Waals surface area contributed by atoms with Crippen molar-refractivity contribution >= 4 is 23.8 Å². The second-order valence-electron chi connectivity index (χ2n) is 10.4. The van der Waals surface area contributed by atoms with E-state index in [0.29, 0.717) is 37.3 Å². The van der Waals surface area contributed by atoms with E-state index in [4.69, 9.17) is 9.57 Å². The molecule has 0 radical (unpaired) electrons. The van der Waals surface area contributed by atoms with Crippen LogP contribution in [0.3, 0.4) is 0 Å². The first kappa shape index (κ1) is 29.5. The van der Waals surface area contributed by atoms with Crippen molar-refractivity contribution in [1.82, 2.24) is 21.2 Å². The minimum Gasteiger partial charge on any atom is -0.391 e. The van der Waals surface area contributed by atoms with Gasteiger partial charge in [0, 0.05) is 13.0 Å². The highest BCUT2D eigenvalue weighted by atomic mass is 16.8. The van der Waals surface area contributed by atoms with Gasteiger partial charge in [-0.05, 0) is 56.9 Å². The number of amides is 5. The lowest BCUT2D eigenvalue weighted by atomic mass is 9.81. The molecule has 38 heavy (non-hydrogen) atoms. The summed E-state index contributed by atoms with van der Waals surface area (Å²) in [4.78, 5) is 57.4. The zero-order valence-corrected chi connectivity index (χ0v) is 22.4. The number of nitrogens with zero attached hydrogens (tertiary/aromatic N) is 1. The Balaban J connectivity index is 1.75. The first-order valence-electron chi connectivity index (χ1n) is 13.4. The highest BCUT2D eigenvalue weighted by Crippen LogP contribution is 2.27. The Hall–Kier alpha value is -3.02. The van der Waals surface area contributed by atoms with Crippen LogP contribution < -0.4 is 16.2 Å². The Morgan fingerprint density at radius 3 is 2.47 bits per heavy atom. The SMILES string of the molecule is CC(C)CC(C(=O)NN1C(=O)NC([C@@H](C)O)C1=O)[C@H](CCCc1ccccc1)C(=O)NOC1CCCCO1. The molecule has 0 aromatic heterocycles. The van der Waals surface area contributed by atoms with Crippen LogP contribution in [0.1, 0.15) is 64.9 Å². The van der Waals surface area contributed by atoms with Gasteiger partial charge in [-0.2, -0.15) is 5.01 Å². The van der Waals surface area contributed by atoms with Crippen LogP contribution in [0, 0.1) is 17.8 Å². The molecule has 2 fully saturated rings. The second kappa shape index (κ2) is 14.2. The fourth-order valence-corrected chi connectivity index (χ4v) is 4.78. The molecule has 5 atom stereocenters. The molecule has 0 saturated carbocycles. The minimum absolute atomic E-state index is 0.0473. The predicted molar refractivity (Wildman–Crippen MR) is 138 cm³/mol. The summed E-state index contributed by atoms with van der Waals surface area (Å²) >= 11 is 0. The molecule has 3 rings (SSSR count). The monoisotopic (exact) mass is 532 g/mol. The number of aliphatic hydroxyl groups excluding tert-OH is 1. The zero-order chi connectivity index (χ0) is 27.7. The molecule has 2 aliphatic heterocycles. The van der Waals surface area contributed by atoms with Crippen molar-refractivity contribution in [2.24, 2.45) is 17.8 Å². The van der Waals surface area contributed by atoms with Crippen LogP contribution >= 0.6 is 0 Å². The molecule has 1 aromatic carbocycles. The number of urea groups is 1. The Labute approximate surface area is 223 Å². The van der Waals surface area contributed by atoms with E-state index in [1.165, 1.54) is 6.92 Å². The quantitative estimate of drug-likeness (QED) is 0.225. The molecule has 1 aromatic rings. The van der Waals surface area contributed by atoms with E-state index < -0.39 is 54.0 Å². The molecule has 210 valence electrons. The van der Waals surface area contributed by atoms with Gasteiger partial charge in [-0.1, -0.05) is 44.2 Å². The topological polar surface area (TPSA) is 146 Å². The van der Waals surface area contributed by atoms with E-state index in [-0.39, 0.29) is 5.92 Å². The van der Waals surface area contributed by atoms with Gasteiger partial charge >= 0.3 is 6.03 Å². The first-order chi connectivity index (χ1) is 18.2. The van der Waals surface area contributed by atoms with Crippen molar-refractivity contribution in [2.45, 2.75) is 84.2 Å². The third-order valence-electron chi connectivity index (χ3n) is 6.81. The number of nitrogens with one attached hydrogen (secondary N) is 3. The Morgan fingerprint density at radius 2 is 1.87 bits per heavy atom. The highest BCUT2D eigenvalue weighted by molar-refractivity contribution is 6.05. The van der Waals surface area contributed by atoms with Gasteiger partial charge in [-0.15, -0.1) is 0 Å². The number of rotatable bonds is 13. The summed E-state index contributed by atoms with van der Waals surface area (Å²) in [5.74, 6) is -3.41. The number of carbonyl (C=O) groups is 4. The van der Waals surface area contributed by atoms with E-state index >= 15 is 0 Å². The fourth-order valence-electron chi connectivity index (χ4n) is 4.78. The molecule has 0 aliphatic carbocycles. The van der Waals surface area contributed by atoms with Gasteiger partial charge in [0.2, 0.25) is 11.8 Å². The van der Waals surface area contributed by atoms with Gasteiger partial charge in [-0.3, -0.25) is 19.8 Å². The Kier molecular flexibility index (Phi) is 11.1. The number of aliphatic hydroxyl groups is 1. The lowest BCUT2D eigenvalue weighted by Crippen LogP contribution is -2.52. The van der Waals surface area contributed by atoms with E-state index in [0.717, 1.165) is 24.8 Å². The van der Waals surface area contributed by atoms with Crippen LogP contribution in [0.15, 0.2) is 30.3 Å². The summed E-state index contributed by atoms with van der Waals surface area (Å²) < 4.78 is 5.54. The van der Waals surface area contributed by atoms with E-state index in [2.05, 4.69) is 16.2 Å². The standard InChI is InChI=1S/C27H40N4O7/c1-17(2)16-21(24(33)29-31-26(35)23(18(3)32)28-27(31)36)20(13-9-12-19-10-5-4-6-11-19)25(34)30-38-22-14-7-8-15-37-22/h4-6,10-11,17-18,20-23,32H,7-9,12-16H2,1-3H3,(H,28,36)(H,29,33)(H,30,34)/t18-,20+,21?,22?,23?/m1/s1. The summed E-state index contributed by atoms with van der Waals surface area (Å²) in [7, 11) is 0. The molecule has 2 heterocycles. The molecule has 2 aliphatic rings. The van der Waals surface area contributed by atoms with Gasteiger partial charge in [-0.25, -0.2) is 15.1 Å². The second-order valence-corrected chi connectivity index (χ2v) is 10.4. The predicted octanol–water partition coefficient (Wildman–Crippen LogP) is 2.19. The maximum absolute atomic E-state index is 13.5. The number of ether oxygens (including phenoxy) is 1. The first-order valence-corrected chi connectivity index (χ1v) is 13.4. The molecule has 4 N–H and O–H groups in total. The largest absolute Gasteiger partial charge is 0.391 e. The zero-order valence-electron chi connectivity index (χ0n) is 22.4. The molecule has 5 amide bonds. The molecule has 11 heteroatoms. The number of hydrogen-bond donors (Lipinski definition) is 4. The van der Waals surface area contributed by atoms with Crippen LogP contribution in [0.2, 0.25) is 0 Å². The molecule has 3 unspecified atom stereocenters. The molecular formula is C27H40N4O7. The third-order valence-corrected chi connectivity index (χ3v) is 6.81. The van der Waals surface area contributed by atoms with Crippen LogP contribution in [-0.2, 0) is 30.4 Å². The smallest absolute Gasteiger partial charge is 0.344 e. The van der Waals surface area contributed by atoms with E-state index in [1.807, 2.05) is 44.2 Å². The summed E-state index contributed by atoms with van der Waals surface area (Å²) in [6.45, 7) is 5.79. The van der Waals surface area contributed by atoms with Crippen LogP contribution in [0.4, 0.5) is 4.79 Å². The number of aryl methyl sites for hydroxylation is 1. The third kappa shape index (κ3) is 8.24. The summed E-state index contributed by atoms with van der Waals surface area (Å²) in [6.07, 6.45) is 2.94. The maximum Gasteiger partial charge on any atom is 0.344 e. The fraction of sp³-hybridized carbons (Fsp3) is 0.630. The number of imide groups is 1. The van der Waals surface area contributed by atoms with Crippen LogP contribution in [-0.4, -0.2) is 58.9 Å². The summed E-state index contributed by atoms with van der Waals surface area (Å²) in [5, 5.41) is 12.7. The summed E-state index contributed by atoms with van der Waals surface area (Å²) in [5.41, 5.74) is 6.02. The van der Waals surface area contributed by atoms with Gasteiger partial charge < -0.3 is 15.2 Å². The van der Waals surface area contributed by atoms with Crippen molar-refractivity contribution in [3.63, 3.8) is 0 Å².